The molecule has 2 rings (SSSR count). The summed E-state index contributed by atoms with van der Waals surface area (Å²) in [5.41, 5.74) is 1.51. The Hall–Kier alpha value is -4.34. The number of nitrogens with one attached hydrogen (secondary N) is 1. The van der Waals surface area contributed by atoms with E-state index in [1.807, 2.05) is 0 Å². The molecule has 2 aromatic rings. The third kappa shape index (κ3) is 9.88. The van der Waals surface area contributed by atoms with Crippen molar-refractivity contribution in [1.29, 1.82) is 0 Å². The van der Waals surface area contributed by atoms with Crippen LogP contribution in [0.2, 0.25) is 0 Å². The van der Waals surface area contributed by atoms with Crippen molar-refractivity contribution in [3.63, 3.8) is 0 Å². The molecule has 0 bridgehead atoms. The predicted octanol–water partition coefficient (Wildman–Crippen LogP) is 3.10. The Kier molecular flexibility index (Phi) is 10.0. The number of aliphatic hydroxyl groups is 1. The minimum absolute atomic E-state index is 0.0338. The molecule has 1 atom stereocenters. The lowest BCUT2D eigenvalue weighted by atomic mass is 9.96. The molecule has 0 fully saturated rings. The number of aliphatic hydroxyl groups excluding tert-OH is 1. The molecule has 1 unspecified atom stereocenters. The monoisotopic (exact) mass is 492 g/mol. The second kappa shape index (κ2) is 12.9. The fraction of sp³-hybridized carbons (Fsp3) is 0.333. The maximum atomic E-state index is 12.1. The Bertz CT molecular complexity index is 1220. The van der Waals surface area contributed by atoms with Crippen molar-refractivity contribution in [1.82, 2.24) is 4.98 Å². The second-order valence-electron chi connectivity index (χ2n) is 8.68. The van der Waals surface area contributed by atoms with Gasteiger partial charge in [-0.25, -0.2) is 9.78 Å². The molecule has 0 aliphatic carbocycles. The van der Waals surface area contributed by atoms with Gasteiger partial charge in [-0.3, -0.25) is 14.9 Å². The van der Waals surface area contributed by atoms with E-state index in [2.05, 4.69) is 34.0 Å². The number of hydrogen-bond acceptors (Lipinski definition) is 7. The lowest BCUT2D eigenvalue weighted by Crippen LogP contribution is -2.27. The fourth-order valence-corrected chi connectivity index (χ4v) is 2.81. The summed E-state index contributed by atoms with van der Waals surface area (Å²) >= 11 is 0. The highest BCUT2D eigenvalue weighted by molar-refractivity contribution is 5.83. The molecule has 0 aliphatic rings. The summed E-state index contributed by atoms with van der Waals surface area (Å²) < 4.78 is 10.3. The van der Waals surface area contributed by atoms with Crippen LogP contribution in [-0.2, 0) is 25.5 Å². The smallest absolute Gasteiger partial charge is 0.413 e. The number of aliphatic carboxylic acids is 1. The summed E-state index contributed by atoms with van der Waals surface area (Å²) in [7, 11) is 0. The van der Waals surface area contributed by atoms with Crippen LogP contribution in [0.15, 0.2) is 36.5 Å². The number of aromatic nitrogens is 1. The molecule has 3 N–H and O–H groups in total. The molecule has 0 spiro atoms. The number of nitrogens with zero attached hydrogens (tertiary/aromatic N) is 1. The van der Waals surface area contributed by atoms with Gasteiger partial charge < -0.3 is 19.7 Å². The molecule has 0 aliphatic heterocycles. The first-order valence-corrected chi connectivity index (χ1v) is 11.0. The molecule has 1 heterocycles. The number of ether oxygens (including phenoxy) is 2. The number of amides is 1. The van der Waals surface area contributed by atoms with E-state index in [9.17, 15) is 19.5 Å². The topological polar surface area (TPSA) is 135 Å². The Morgan fingerprint density at radius 1 is 1.08 bits per heavy atom. The van der Waals surface area contributed by atoms with Crippen LogP contribution in [-0.4, -0.2) is 52.0 Å². The van der Waals surface area contributed by atoms with Crippen LogP contribution in [0.4, 0.5) is 10.6 Å². The van der Waals surface area contributed by atoms with Gasteiger partial charge in [0.25, 0.3) is 0 Å². The maximum Gasteiger partial charge on any atom is 0.413 e. The largest absolute Gasteiger partial charge is 0.481 e. The predicted molar refractivity (Wildman–Crippen MR) is 132 cm³/mol. The molecule has 0 radical (unpaired) electrons. The minimum Gasteiger partial charge on any atom is -0.481 e. The molecule has 9 heteroatoms. The van der Waals surface area contributed by atoms with Gasteiger partial charge in [0.15, 0.2) is 6.61 Å². The van der Waals surface area contributed by atoms with E-state index in [1.165, 1.54) is 6.20 Å². The van der Waals surface area contributed by atoms with Crippen molar-refractivity contribution >= 4 is 23.8 Å². The SMILES string of the molecule is CC(C(=O)O)c1cc(C#CCO)cc(C#CCOC(=O)Cc2ccc(NC(=O)OC(C)(C)C)nc2)c1. The number of carbonyl (C=O) groups is 3. The Morgan fingerprint density at radius 3 is 2.31 bits per heavy atom. The van der Waals surface area contributed by atoms with Crippen LogP contribution < -0.4 is 5.32 Å². The Labute approximate surface area is 209 Å². The van der Waals surface area contributed by atoms with Gasteiger partial charge in [0, 0.05) is 17.3 Å². The van der Waals surface area contributed by atoms with Crippen molar-refractivity contribution in [2.45, 2.75) is 45.6 Å². The number of carbonyl (C=O) groups excluding carboxylic acids is 2. The molecular weight excluding hydrogens is 464 g/mol. The Morgan fingerprint density at radius 2 is 1.75 bits per heavy atom. The van der Waals surface area contributed by atoms with Crippen molar-refractivity contribution in [3.05, 3.63) is 58.8 Å². The van der Waals surface area contributed by atoms with Gasteiger partial charge in [0.2, 0.25) is 0 Å². The zero-order valence-electron chi connectivity index (χ0n) is 20.5. The molecule has 9 nitrogen and oxygen atoms in total. The number of anilines is 1. The van der Waals surface area contributed by atoms with Gasteiger partial charge in [-0.15, -0.1) is 0 Å². The van der Waals surface area contributed by atoms with Gasteiger partial charge in [-0.2, -0.15) is 0 Å². The molecule has 188 valence electrons. The van der Waals surface area contributed by atoms with Crippen LogP contribution >= 0.6 is 0 Å². The average molecular weight is 493 g/mol. The minimum atomic E-state index is -0.988. The van der Waals surface area contributed by atoms with Gasteiger partial charge in [0.05, 0.1) is 12.3 Å². The zero-order valence-corrected chi connectivity index (χ0v) is 20.5. The summed E-state index contributed by atoms with van der Waals surface area (Å²) in [4.78, 5) is 39.3. The Balaban J connectivity index is 1.95. The highest BCUT2D eigenvalue weighted by atomic mass is 16.6. The van der Waals surface area contributed by atoms with Crippen molar-refractivity contribution in [3.8, 4) is 23.7 Å². The van der Waals surface area contributed by atoms with Gasteiger partial charge in [0.1, 0.15) is 18.0 Å². The van der Waals surface area contributed by atoms with E-state index in [-0.39, 0.29) is 25.5 Å². The fourth-order valence-electron chi connectivity index (χ4n) is 2.81. The second-order valence-corrected chi connectivity index (χ2v) is 8.68. The first-order chi connectivity index (χ1) is 17.0. The van der Waals surface area contributed by atoms with Crippen molar-refractivity contribution in [2.75, 3.05) is 18.5 Å². The van der Waals surface area contributed by atoms with E-state index in [1.54, 1.807) is 58.0 Å². The zero-order chi connectivity index (χ0) is 26.7. The number of hydrogen-bond donors (Lipinski definition) is 3. The third-order valence-electron chi connectivity index (χ3n) is 4.48. The summed E-state index contributed by atoms with van der Waals surface area (Å²) in [6.45, 7) is 6.31. The number of carboxylic acids is 1. The van der Waals surface area contributed by atoms with Crippen LogP contribution in [0, 0.1) is 23.7 Å². The number of pyridine rings is 1. The summed E-state index contributed by atoms with van der Waals surface area (Å²) in [5, 5.41) is 20.7. The van der Waals surface area contributed by atoms with E-state index in [0.717, 1.165) is 0 Å². The molecule has 0 saturated heterocycles. The third-order valence-corrected chi connectivity index (χ3v) is 4.48. The summed E-state index contributed by atoms with van der Waals surface area (Å²) in [6, 6.07) is 8.12. The number of benzene rings is 1. The summed E-state index contributed by atoms with van der Waals surface area (Å²) in [5.74, 6) is 8.86. The van der Waals surface area contributed by atoms with Gasteiger partial charge in [-0.1, -0.05) is 29.7 Å². The van der Waals surface area contributed by atoms with E-state index in [0.29, 0.717) is 22.3 Å². The first-order valence-electron chi connectivity index (χ1n) is 11.0. The highest BCUT2D eigenvalue weighted by Gasteiger charge is 2.17. The molecule has 1 aromatic heterocycles. The van der Waals surface area contributed by atoms with Crippen molar-refractivity contribution < 1.29 is 34.1 Å². The molecular formula is C27H28N2O7. The van der Waals surface area contributed by atoms with Gasteiger partial charge in [-0.05, 0) is 63.1 Å². The quantitative estimate of drug-likeness (QED) is 0.414. The van der Waals surface area contributed by atoms with Crippen LogP contribution in [0.1, 0.15) is 55.9 Å². The number of rotatable bonds is 6. The molecule has 36 heavy (non-hydrogen) atoms. The van der Waals surface area contributed by atoms with Crippen LogP contribution in [0.3, 0.4) is 0 Å². The van der Waals surface area contributed by atoms with Crippen LogP contribution in [0.5, 0.6) is 0 Å². The van der Waals surface area contributed by atoms with E-state index in [4.69, 9.17) is 14.6 Å². The van der Waals surface area contributed by atoms with Crippen LogP contribution in [0.25, 0.3) is 0 Å². The summed E-state index contributed by atoms with van der Waals surface area (Å²) in [6.07, 6.45) is 0.786. The first kappa shape index (κ1) is 27.9. The maximum absolute atomic E-state index is 12.1. The van der Waals surface area contributed by atoms with Gasteiger partial charge >= 0.3 is 18.0 Å². The standard InChI is InChI=1S/C27H28N2O7/c1-18(25(32)33)22-14-19(7-5-11-30)13-20(15-22)8-6-12-35-24(31)16-21-9-10-23(28-17-21)29-26(34)36-27(2,3)4/h9-10,13-15,17-18,30H,11-12,16H2,1-4H3,(H,32,33)(H,28,29,34). The highest BCUT2D eigenvalue weighted by Crippen LogP contribution is 2.19. The van der Waals surface area contributed by atoms with E-state index >= 15 is 0 Å². The number of carboxylic acid groups (broad SMARTS) is 1. The lowest BCUT2D eigenvalue weighted by Gasteiger charge is -2.19. The molecule has 0 saturated carbocycles. The number of esters is 1. The normalized spacial score (nSPS) is 11.1. The van der Waals surface area contributed by atoms with E-state index < -0.39 is 29.6 Å². The molecule has 1 aromatic carbocycles. The van der Waals surface area contributed by atoms with Crippen molar-refractivity contribution in [2.24, 2.45) is 0 Å². The lowest BCUT2D eigenvalue weighted by molar-refractivity contribution is -0.141. The molecule has 1 amide bonds. The average Bonchev–Trinajstić information content (AvgIpc) is 2.80.